The van der Waals surface area contributed by atoms with Crippen molar-refractivity contribution in [2.75, 3.05) is 30.1 Å². The Morgan fingerprint density at radius 1 is 1.15 bits per heavy atom. The lowest BCUT2D eigenvalue weighted by atomic mass is 10.2. The zero-order chi connectivity index (χ0) is 22.9. The van der Waals surface area contributed by atoms with Gasteiger partial charge in [0, 0.05) is 30.0 Å². The van der Waals surface area contributed by atoms with Crippen LogP contribution in [0.1, 0.15) is 12.6 Å². The topological polar surface area (TPSA) is 113 Å². The van der Waals surface area contributed by atoms with Crippen LogP contribution in [0, 0.1) is 6.92 Å². The molecule has 0 aliphatic rings. The molecule has 4 rings (SSSR count). The van der Waals surface area contributed by atoms with E-state index in [0.29, 0.717) is 23.2 Å². The number of nitrogens with one attached hydrogen (secondary N) is 2. The van der Waals surface area contributed by atoms with Crippen molar-refractivity contribution in [3.05, 3.63) is 54.4 Å². The second kappa shape index (κ2) is 9.63. The molecule has 2 aromatic heterocycles. The van der Waals surface area contributed by atoms with Gasteiger partial charge in [-0.1, -0.05) is 6.92 Å². The molecule has 2 heterocycles. The lowest BCUT2D eigenvalue weighted by Crippen LogP contribution is -2.12. The molecule has 174 valence electrons. The highest BCUT2D eigenvalue weighted by atomic mass is 35.5. The number of fused-ring (bicyclic) bond motifs is 1. The maximum atomic E-state index is 12.3. The number of benzene rings is 2. The largest absolute Gasteiger partial charge is 0.495 e. The van der Waals surface area contributed by atoms with Gasteiger partial charge in [-0.05, 0) is 49.4 Å². The summed E-state index contributed by atoms with van der Waals surface area (Å²) in [7, 11) is 0.0599. The lowest BCUT2D eigenvalue weighted by molar-refractivity contribution is 0.416. The Morgan fingerprint density at radius 2 is 1.94 bits per heavy atom. The van der Waals surface area contributed by atoms with Gasteiger partial charge in [-0.15, -0.1) is 12.4 Å². The maximum Gasteiger partial charge on any atom is 0.229 e. The van der Waals surface area contributed by atoms with E-state index in [0.717, 1.165) is 22.3 Å². The van der Waals surface area contributed by atoms with E-state index in [4.69, 9.17) is 4.74 Å². The van der Waals surface area contributed by atoms with E-state index in [1.165, 1.54) is 19.2 Å². The van der Waals surface area contributed by atoms with Crippen LogP contribution in [0.5, 0.6) is 5.75 Å². The number of nitrogens with zero attached hydrogens (tertiary/aromatic N) is 4. The Balaban J connectivity index is 0.00000306. The molecule has 4 aromatic rings. The predicted octanol–water partition coefficient (Wildman–Crippen LogP) is 4.40. The van der Waals surface area contributed by atoms with Gasteiger partial charge in [0.05, 0.1) is 29.0 Å². The zero-order valence-electron chi connectivity index (χ0n) is 18.7. The minimum Gasteiger partial charge on any atom is -0.495 e. The molecule has 0 bridgehead atoms. The number of ether oxygens (including phenoxy) is 1. The number of sulfone groups is 1. The first kappa shape index (κ1) is 24.3. The van der Waals surface area contributed by atoms with E-state index >= 15 is 0 Å². The van der Waals surface area contributed by atoms with Crippen LogP contribution in [0.15, 0.2) is 53.6 Å². The Morgan fingerprint density at radius 3 is 2.67 bits per heavy atom. The lowest BCUT2D eigenvalue weighted by Gasteiger charge is -2.19. The summed E-state index contributed by atoms with van der Waals surface area (Å²) in [6, 6.07) is 12.5. The van der Waals surface area contributed by atoms with E-state index in [9.17, 15) is 8.42 Å². The molecule has 0 spiro atoms. The smallest absolute Gasteiger partial charge is 0.229 e. The number of aryl methyl sites for hydroxylation is 1. The van der Waals surface area contributed by atoms with Gasteiger partial charge in [0.1, 0.15) is 11.6 Å². The summed E-state index contributed by atoms with van der Waals surface area (Å²) in [6.45, 7) is 3.59. The zero-order valence-corrected chi connectivity index (χ0v) is 20.3. The van der Waals surface area contributed by atoms with Crippen molar-refractivity contribution in [3.8, 4) is 5.75 Å². The standard InChI is InChI=1S/C22H24N6O3S.ClH/c1-5-32(29,30)16-7-9-20(31-4)19(13-16)24-22-23-11-10-21(25-22)28(3)15-6-8-17-14(2)26-27-18(17)12-15;/h6-13H,5H2,1-4H3,(H,26,27)(H,23,24,25);1H. The number of methoxy groups -OCH3 is 1. The molecule has 33 heavy (non-hydrogen) atoms. The van der Waals surface area contributed by atoms with Crippen molar-refractivity contribution in [2.24, 2.45) is 0 Å². The first-order chi connectivity index (χ1) is 15.3. The molecule has 9 nitrogen and oxygen atoms in total. The second-order valence-corrected chi connectivity index (χ2v) is 9.52. The average Bonchev–Trinajstić information content (AvgIpc) is 3.18. The number of halogens is 1. The van der Waals surface area contributed by atoms with Crippen molar-refractivity contribution in [3.63, 3.8) is 0 Å². The van der Waals surface area contributed by atoms with Crippen LogP contribution < -0.4 is 15.0 Å². The number of aromatic amines is 1. The van der Waals surface area contributed by atoms with Crippen LogP contribution in [-0.4, -0.2) is 48.5 Å². The molecule has 0 radical (unpaired) electrons. The first-order valence-electron chi connectivity index (χ1n) is 10.0. The van der Waals surface area contributed by atoms with Crippen molar-refractivity contribution < 1.29 is 13.2 Å². The number of hydrogen-bond donors (Lipinski definition) is 2. The van der Waals surface area contributed by atoms with Crippen LogP contribution in [0.2, 0.25) is 0 Å². The van der Waals surface area contributed by atoms with Crippen molar-refractivity contribution >= 4 is 56.3 Å². The van der Waals surface area contributed by atoms with Gasteiger partial charge in [0.2, 0.25) is 5.95 Å². The molecule has 0 saturated carbocycles. The van der Waals surface area contributed by atoms with E-state index in [1.807, 2.05) is 37.1 Å². The highest BCUT2D eigenvalue weighted by Crippen LogP contribution is 2.31. The van der Waals surface area contributed by atoms with Gasteiger partial charge in [-0.2, -0.15) is 10.1 Å². The van der Waals surface area contributed by atoms with Gasteiger partial charge < -0.3 is 15.0 Å². The fourth-order valence-electron chi connectivity index (χ4n) is 3.34. The minimum atomic E-state index is -3.36. The third kappa shape index (κ3) is 4.86. The number of hydrogen-bond acceptors (Lipinski definition) is 8. The molecule has 2 N–H and O–H groups in total. The molecule has 0 fully saturated rings. The minimum absolute atomic E-state index is 0. The van der Waals surface area contributed by atoms with E-state index in [1.54, 1.807) is 25.3 Å². The van der Waals surface area contributed by atoms with Crippen molar-refractivity contribution in [1.29, 1.82) is 0 Å². The van der Waals surface area contributed by atoms with Crippen LogP contribution in [0.25, 0.3) is 10.9 Å². The van der Waals surface area contributed by atoms with E-state index in [2.05, 4.69) is 25.5 Å². The molecule has 11 heteroatoms. The predicted molar refractivity (Wildman–Crippen MR) is 132 cm³/mol. The van der Waals surface area contributed by atoms with Crippen LogP contribution in [0.3, 0.4) is 0 Å². The average molecular weight is 489 g/mol. The van der Waals surface area contributed by atoms with Gasteiger partial charge in [-0.3, -0.25) is 5.10 Å². The number of rotatable bonds is 7. The monoisotopic (exact) mass is 488 g/mol. The fraction of sp³-hybridized carbons (Fsp3) is 0.227. The summed E-state index contributed by atoms with van der Waals surface area (Å²) >= 11 is 0. The Labute approximate surface area is 198 Å². The van der Waals surface area contributed by atoms with Gasteiger partial charge >= 0.3 is 0 Å². The molecule has 0 atom stereocenters. The summed E-state index contributed by atoms with van der Waals surface area (Å²) in [5.41, 5.74) is 3.28. The number of H-pyrrole nitrogens is 1. The third-order valence-corrected chi connectivity index (χ3v) is 6.99. The normalized spacial score (nSPS) is 11.2. The third-order valence-electron chi connectivity index (χ3n) is 5.26. The summed E-state index contributed by atoms with van der Waals surface area (Å²) < 4.78 is 29.9. The van der Waals surface area contributed by atoms with Gasteiger partial charge in [0.15, 0.2) is 9.84 Å². The summed E-state index contributed by atoms with van der Waals surface area (Å²) in [5.74, 6) is 1.47. The van der Waals surface area contributed by atoms with Crippen molar-refractivity contribution in [2.45, 2.75) is 18.7 Å². The Hall–Kier alpha value is -3.37. The molecule has 0 saturated heterocycles. The Kier molecular flexibility index (Phi) is 7.09. The van der Waals surface area contributed by atoms with Crippen LogP contribution >= 0.6 is 12.4 Å². The number of aromatic nitrogens is 4. The highest BCUT2D eigenvalue weighted by Gasteiger charge is 2.16. The van der Waals surface area contributed by atoms with Crippen LogP contribution in [-0.2, 0) is 9.84 Å². The Bertz CT molecular complexity index is 1390. The van der Waals surface area contributed by atoms with Crippen molar-refractivity contribution in [1.82, 2.24) is 20.2 Å². The molecule has 2 aromatic carbocycles. The van der Waals surface area contributed by atoms with E-state index in [-0.39, 0.29) is 23.1 Å². The molecular formula is C22H25ClN6O3S. The highest BCUT2D eigenvalue weighted by molar-refractivity contribution is 7.91. The fourth-order valence-corrected chi connectivity index (χ4v) is 4.24. The first-order valence-corrected chi connectivity index (χ1v) is 11.7. The quantitative estimate of drug-likeness (QED) is 0.393. The van der Waals surface area contributed by atoms with Crippen LogP contribution in [0.4, 0.5) is 23.1 Å². The van der Waals surface area contributed by atoms with Gasteiger partial charge in [0.25, 0.3) is 0 Å². The SMILES string of the molecule is CCS(=O)(=O)c1ccc(OC)c(Nc2nccc(N(C)c3ccc4c(C)[nH]nc4c3)n2)c1.Cl. The summed E-state index contributed by atoms with van der Waals surface area (Å²) in [4.78, 5) is 11.0. The molecular weight excluding hydrogens is 464 g/mol. The molecule has 0 amide bonds. The maximum absolute atomic E-state index is 12.3. The molecule has 0 unspecified atom stereocenters. The second-order valence-electron chi connectivity index (χ2n) is 7.24. The van der Waals surface area contributed by atoms with Gasteiger partial charge in [-0.25, -0.2) is 13.4 Å². The molecule has 0 aliphatic heterocycles. The molecule has 0 aliphatic carbocycles. The summed E-state index contributed by atoms with van der Waals surface area (Å²) in [5, 5.41) is 11.5. The number of anilines is 4. The van der Waals surface area contributed by atoms with E-state index < -0.39 is 9.84 Å². The summed E-state index contributed by atoms with van der Waals surface area (Å²) in [6.07, 6.45) is 1.64.